The van der Waals surface area contributed by atoms with Crippen LogP contribution in [0, 0.1) is 13.8 Å². The van der Waals surface area contributed by atoms with Crippen molar-refractivity contribution >= 4 is 33.3 Å². The molecule has 5 rings (SSSR count). The van der Waals surface area contributed by atoms with Crippen LogP contribution in [0.5, 0.6) is 0 Å². The fraction of sp³-hybridized carbons (Fsp3) is 0.519. The van der Waals surface area contributed by atoms with E-state index >= 15 is 0 Å². The maximum Gasteiger partial charge on any atom is 0.253 e. The highest BCUT2D eigenvalue weighted by Crippen LogP contribution is 2.42. The van der Waals surface area contributed by atoms with Gasteiger partial charge in [-0.3, -0.25) is 4.79 Å². The molecule has 0 unspecified atom stereocenters. The number of carbonyl (C=O) groups is 1. The van der Waals surface area contributed by atoms with Crippen molar-refractivity contribution in [2.24, 2.45) is 0 Å². The SMILES string of the molecule is CCCCCc1ccc(C(=O)N2CCN(c3nc(C4CC4)nc4sc(C)c(C)c34)CC2)cc1. The normalized spacial score (nSPS) is 16.6. The summed E-state index contributed by atoms with van der Waals surface area (Å²) in [6, 6.07) is 8.25. The lowest BCUT2D eigenvalue weighted by atomic mass is 10.0. The van der Waals surface area contributed by atoms with Crippen LogP contribution >= 0.6 is 11.3 Å². The molecule has 6 heteroatoms. The molecule has 0 spiro atoms. The van der Waals surface area contributed by atoms with E-state index in [1.54, 1.807) is 11.3 Å². The first-order valence-corrected chi connectivity index (χ1v) is 13.3. The number of fused-ring (bicyclic) bond motifs is 1. The van der Waals surface area contributed by atoms with Crippen LogP contribution in [0.2, 0.25) is 0 Å². The van der Waals surface area contributed by atoms with Crippen LogP contribution in [0.25, 0.3) is 10.2 Å². The van der Waals surface area contributed by atoms with Crippen molar-refractivity contribution in [2.45, 2.75) is 65.2 Å². The third-order valence-corrected chi connectivity index (χ3v) is 8.21. The van der Waals surface area contributed by atoms with E-state index in [9.17, 15) is 4.79 Å². The largest absolute Gasteiger partial charge is 0.352 e. The lowest BCUT2D eigenvalue weighted by Crippen LogP contribution is -2.49. The van der Waals surface area contributed by atoms with Crippen LogP contribution in [0.3, 0.4) is 0 Å². The molecule has 2 aliphatic rings. The second-order valence-corrected chi connectivity index (χ2v) is 10.8. The van der Waals surface area contributed by atoms with Gasteiger partial charge in [-0.05, 0) is 62.8 Å². The summed E-state index contributed by atoms with van der Waals surface area (Å²) in [6.07, 6.45) is 7.21. The molecule has 1 saturated heterocycles. The Morgan fingerprint density at radius 2 is 1.76 bits per heavy atom. The first kappa shape index (κ1) is 22.3. The summed E-state index contributed by atoms with van der Waals surface area (Å²) >= 11 is 1.78. The van der Waals surface area contributed by atoms with E-state index in [0.29, 0.717) is 5.92 Å². The van der Waals surface area contributed by atoms with E-state index in [1.807, 2.05) is 17.0 Å². The number of piperazine rings is 1. The fourth-order valence-electron chi connectivity index (χ4n) is 4.69. The van der Waals surface area contributed by atoms with Gasteiger partial charge in [-0.25, -0.2) is 9.97 Å². The predicted molar refractivity (Wildman–Crippen MR) is 137 cm³/mol. The second kappa shape index (κ2) is 9.41. The monoisotopic (exact) mass is 462 g/mol. The number of thiophene rings is 1. The Labute approximate surface area is 200 Å². The number of aryl methyl sites for hydroxylation is 3. The van der Waals surface area contributed by atoms with E-state index in [0.717, 1.165) is 54.6 Å². The Kier molecular flexibility index (Phi) is 6.37. The Balaban J connectivity index is 1.28. The molecule has 174 valence electrons. The van der Waals surface area contributed by atoms with Crippen molar-refractivity contribution in [2.75, 3.05) is 31.1 Å². The average Bonchev–Trinajstić information content (AvgIpc) is 3.65. The number of rotatable bonds is 7. The van der Waals surface area contributed by atoms with Crippen molar-refractivity contribution in [1.82, 2.24) is 14.9 Å². The number of amides is 1. The number of hydrogen-bond donors (Lipinski definition) is 0. The molecule has 3 heterocycles. The number of unbranched alkanes of at least 4 members (excludes halogenated alkanes) is 2. The highest BCUT2D eigenvalue weighted by molar-refractivity contribution is 7.18. The summed E-state index contributed by atoms with van der Waals surface area (Å²) in [5, 5.41) is 1.21. The maximum absolute atomic E-state index is 13.1. The Hall–Kier alpha value is -2.47. The van der Waals surface area contributed by atoms with Crippen molar-refractivity contribution in [1.29, 1.82) is 0 Å². The van der Waals surface area contributed by atoms with Crippen LogP contribution in [-0.2, 0) is 6.42 Å². The van der Waals surface area contributed by atoms with Crippen molar-refractivity contribution in [3.05, 3.63) is 51.7 Å². The lowest BCUT2D eigenvalue weighted by Gasteiger charge is -2.36. The first-order valence-electron chi connectivity index (χ1n) is 12.5. The van der Waals surface area contributed by atoms with Gasteiger partial charge in [0.15, 0.2) is 0 Å². The fourth-order valence-corrected chi connectivity index (χ4v) is 5.73. The molecule has 0 N–H and O–H groups in total. The summed E-state index contributed by atoms with van der Waals surface area (Å²) in [4.78, 5) is 29.9. The Morgan fingerprint density at radius 1 is 1.03 bits per heavy atom. The summed E-state index contributed by atoms with van der Waals surface area (Å²) < 4.78 is 0. The summed E-state index contributed by atoms with van der Waals surface area (Å²) in [6.45, 7) is 9.66. The molecule has 0 atom stereocenters. The zero-order chi connectivity index (χ0) is 22.9. The summed E-state index contributed by atoms with van der Waals surface area (Å²) in [5.74, 6) is 2.76. The zero-order valence-corrected chi connectivity index (χ0v) is 20.9. The quantitative estimate of drug-likeness (QED) is 0.411. The smallest absolute Gasteiger partial charge is 0.253 e. The summed E-state index contributed by atoms with van der Waals surface area (Å²) in [7, 11) is 0. The molecule has 1 aliphatic carbocycles. The number of aromatic nitrogens is 2. The van der Waals surface area contributed by atoms with Gasteiger partial charge in [-0.15, -0.1) is 11.3 Å². The van der Waals surface area contributed by atoms with Gasteiger partial charge in [0.25, 0.3) is 5.91 Å². The molecular weight excluding hydrogens is 428 g/mol. The minimum absolute atomic E-state index is 0.142. The Bertz CT molecular complexity index is 1140. The highest BCUT2D eigenvalue weighted by atomic mass is 32.1. The third-order valence-electron chi connectivity index (χ3n) is 7.11. The first-order chi connectivity index (χ1) is 16.0. The van der Waals surface area contributed by atoms with Gasteiger partial charge >= 0.3 is 0 Å². The van der Waals surface area contributed by atoms with Crippen LogP contribution in [0.4, 0.5) is 5.82 Å². The van der Waals surface area contributed by atoms with Crippen LogP contribution in [0.1, 0.15) is 77.1 Å². The van der Waals surface area contributed by atoms with E-state index in [-0.39, 0.29) is 5.91 Å². The van der Waals surface area contributed by atoms with Crippen LogP contribution in [-0.4, -0.2) is 47.0 Å². The van der Waals surface area contributed by atoms with Crippen molar-refractivity contribution in [3.63, 3.8) is 0 Å². The minimum Gasteiger partial charge on any atom is -0.352 e. The topological polar surface area (TPSA) is 49.3 Å². The number of benzene rings is 1. The van der Waals surface area contributed by atoms with Gasteiger partial charge in [0.1, 0.15) is 16.5 Å². The van der Waals surface area contributed by atoms with Gasteiger partial charge in [-0.1, -0.05) is 31.9 Å². The molecule has 0 bridgehead atoms. The molecule has 2 fully saturated rings. The molecule has 33 heavy (non-hydrogen) atoms. The van der Waals surface area contributed by atoms with Gasteiger partial charge < -0.3 is 9.80 Å². The summed E-state index contributed by atoms with van der Waals surface area (Å²) in [5.41, 5.74) is 3.42. The predicted octanol–water partition coefficient (Wildman–Crippen LogP) is 5.88. The van der Waals surface area contributed by atoms with Gasteiger partial charge in [0, 0.05) is 42.5 Å². The van der Waals surface area contributed by atoms with Gasteiger partial charge in [0.2, 0.25) is 0 Å². The molecule has 1 amide bonds. The molecule has 1 aromatic carbocycles. The molecule has 5 nitrogen and oxygen atoms in total. The van der Waals surface area contributed by atoms with Gasteiger partial charge in [-0.2, -0.15) is 0 Å². The van der Waals surface area contributed by atoms with E-state index in [2.05, 4.69) is 37.8 Å². The van der Waals surface area contributed by atoms with Crippen molar-refractivity contribution < 1.29 is 4.79 Å². The highest BCUT2D eigenvalue weighted by Gasteiger charge is 2.31. The molecule has 2 aromatic heterocycles. The minimum atomic E-state index is 0.142. The van der Waals surface area contributed by atoms with E-state index < -0.39 is 0 Å². The number of anilines is 1. The average molecular weight is 463 g/mol. The van der Waals surface area contributed by atoms with Crippen LogP contribution < -0.4 is 4.90 Å². The zero-order valence-electron chi connectivity index (χ0n) is 20.1. The second-order valence-electron chi connectivity index (χ2n) is 9.58. The number of nitrogens with zero attached hydrogens (tertiary/aromatic N) is 4. The lowest BCUT2D eigenvalue weighted by molar-refractivity contribution is 0.0746. The molecule has 1 aliphatic heterocycles. The Morgan fingerprint density at radius 3 is 2.42 bits per heavy atom. The maximum atomic E-state index is 13.1. The van der Waals surface area contributed by atoms with Crippen molar-refractivity contribution in [3.8, 4) is 0 Å². The number of hydrogen-bond acceptors (Lipinski definition) is 5. The molecular formula is C27H34N4OS. The van der Waals surface area contributed by atoms with E-state index in [4.69, 9.17) is 9.97 Å². The van der Waals surface area contributed by atoms with E-state index in [1.165, 1.54) is 53.5 Å². The van der Waals surface area contributed by atoms with Crippen LogP contribution in [0.15, 0.2) is 24.3 Å². The molecule has 1 saturated carbocycles. The molecule has 0 radical (unpaired) electrons. The third kappa shape index (κ3) is 4.63. The molecule has 3 aromatic rings. The standard InChI is InChI=1S/C27H34N4OS/c1-4-5-6-7-20-8-10-22(11-9-20)27(32)31-16-14-30(15-17-31)25-23-18(2)19(3)33-26(23)29-24(28-25)21-12-13-21/h8-11,21H,4-7,12-17H2,1-3H3. The number of carbonyl (C=O) groups excluding carboxylic acids is 1. The van der Waals surface area contributed by atoms with Gasteiger partial charge in [0.05, 0.1) is 5.39 Å².